The van der Waals surface area contributed by atoms with Gasteiger partial charge in [-0.1, -0.05) is 13.8 Å². The van der Waals surface area contributed by atoms with Crippen LogP contribution in [-0.4, -0.2) is 21.6 Å². The lowest BCUT2D eigenvalue weighted by atomic mass is 10.1. The smallest absolute Gasteiger partial charge is 0.244 e. The Bertz CT molecular complexity index is 527. The molecule has 0 radical (unpaired) electrons. The first-order chi connectivity index (χ1) is 8.76. The summed E-state index contributed by atoms with van der Waals surface area (Å²) in [4.78, 5) is 0.0746. The van der Waals surface area contributed by atoms with Crippen molar-refractivity contribution in [1.82, 2.24) is 4.72 Å². The first kappa shape index (κ1) is 15.8. The number of nitrogens with two attached hydrogens (primary N) is 1. The third-order valence-electron chi connectivity index (χ3n) is 2.66. The lowest BCUT2D eigenvalue weighted by molar-refractivity contribution is 0.188. The Morgan fingerprint density at radius 1 is 1.32 bits per heavy atom. The molecule has 0 aliphatic rings. The molecule has 1 unspecified atom stereocenters. The number of rotatable bonds is 6. The third-order valence-corrected chi connectivity index (χ3v) is 4.09. The molecule has 0 aliphatic heterocycles. The summed E-state index contributed by atoms with van der Waals surface area (Å²) in [6, 6.07) is 4.63. The average Bonchev–Trinajstić information content (AvgIpc) is 2.30. The summed E-state index contributed by atoms with van der Waals surface area (Å²) in [5.41, 5.74) is 6.03. The van der Waals surface area contributed by atoms with Gasteiger partial charge in [-0.05, 0) is 44.5 Å². The largest absolute Gasteiger partial charge is 0.489 e. The van der Waals surface area contributed by atoms with Crippen LogP contribution in [0.3, 0.4) is 0 Å². The predicted octanol–water partition coefficient (Wildman–Crippen LogP) is 1.99. The highest BCUT2D eigenvalue weighted by Gasteiger charge is 2.20. The van der Waals surface area contributed by atoms with Gasteiger partial charge in [0.2, 0.25) is 10.0 Å². The molecule has 0 spiro atoms. The van der Waals surface area contributed by atoms with E-state index < -0.39 is 10.0 Å². The maximum atomic E-state index is 11.9. The minimum Gasteiger partial charge on any atom is -0.489 e. The van der Waals surface area contributed by atoms with Crippen molar-refractivity contribution in [2.75, 3.05) is 12.8 Å². The quantitative estimate of drug-likeness (QED) is 0.784. The van der Waals surface area contributed by atoms with Crippen molar-refractivity contribution in [2.45, 2.75) is 38.2 Å². The van der Waals surface area contributed by atoms with Crippen LogP contribution in [0.5, 0.6) is 5.75 Å². The molecule has 0 aliphatic carbocycles. The van der Waals surface area contributed by atoms with Crippen molar-refractivity contribution in [3.8, 4) is 5.75 Å². The van der Waals surface area contributed by atoms with E-state index >= 15 is 0 Å². The van der Waals surface area contributed by atoms with Gasteiger partial charge in [0.05, 0.1) is 6.10 Å². The Morgan fingerprint density at radius 3 is 2.47 bits per heavy atom. The van der Waals surface area contributed by atoms with Crippen LogP contribution in [0.4, 0.5) is 5.69 Å². The van der Waals surface area contributed by atoms with Crippen LogP contribution >= 0.6 is 0 Å². The summed E-state index contributed by atoms with van der Waals surface area (Å²) < 4.78 is 31.9. The Hall–Kier alpha value is -1.27. The highest BCUT2D eigenvalue weighted by Crippen LogP contribution is 2.27. The molecule has 0 saturated carbocycles. The zero-order valence-electron chi connectivity index (χ0n) is 11.8. The van der Waals surface area contributed by atoms with Gasteiger partial charge in [-0.2, -0.15) is 0 Å². The zero-order valence-corrected chi connectivity index (χ0v) is 12.6. The van der Waals surface area contributed by atoms with Gasteiger partial charge < -0.3 is 10.5 Å². The molecule has 3 N–H and O–H groups in total. The van der Waals surface area contributed by atoms with Crippen LogP contribution in [0.15, 0.2) is 23.1 Å². The molecule has 5 nitrogen and oxygen atoms in total. The fourth-order valence-electron chi connectivity index (χ4n) is 1.87. The van der Waals surface area contributed by atoms with E-state index in [4.69, 9.17) is 10.5 Å². The molecule has 0 bridgehead atoms. The van der Waals surface area contributed by atoms with Crippen LogP contribution in [-0.2, 0) is 10.0 Å². The van der Waals surface area contributed by atoms with Crippen molar-refractivity contribution in [1.29, 1.82) is 0 Å². The van der Waals surface area contributed by atoms with Crippen LogP contribution in [0, 0.1) is 5.92 Å². The van der Waals surface area contributed by atoms with E-state index in [1.165, 1.54) is 13.1 Å². The van der Waals surface area contributed by atoms with Gasteiger partial charge in [0.25, 0.3) is 0 Å². The molecule has 19 heavy (non-hydrogen) atoms. The maximum absolute atomic E-state index is 11.9. The molecule has 1 atom stereocenters. The first-order valence-corrected chi connectivity index (χ1v) is 7.74. The topological polar surface area (TPSA) is 81.4 Å². The lowest BCUT2D eigenvalue weighted by Crippen LogP contribution is -2.22. The third kappa shape index (κ3) is 4.40. The van der Waals surface area contributed by atoms with E-state index in [9.17, 15) is 8.42 Å². The van der Waals surface area contributed by atoms with Crippen molar-refractivity contribution in [3.05, 3.63) is 18.2 Å². The van der Waals surface area contributed by atoms with Crippen LogP contribution < -0.4 is 15.2 Å². The molecule has 0 saturated heterocycles. The second kappa shape index (κ2) is 6.25. The number of ether oxygens (including phenoxy) is 1. The highest BCUT2D eigenvalue weighted by atomic mass is 32.2. The number of anilines is 1. The fourth-order valence-corrected chi connectivity index (χ4v) is 2.76. The molecule has 1 rings (SSSR count). The van der Waals surface area contributed by atoms with E-state index in [1.54, 1.807) is 12.1 Å². The number of nitrogens with one attached hydrogen (secondary N) is 1. The normalized spacial score (nSPS) is 13.5. The van der Waals surface area contributed by atoms with Crippen LogP contribution in [0.1, 0.15) is 27.2 Å². The van der Waals surface area contributed by atoms with Crippen LogP contribution in [0.2, 0.25) is 0 Å². The van der Waals surface area contributed by atoms with E-state index in [-0.39, 0.29) is 11.0 Å². The van der Waals surface area contributed by atoms with E-state index in [2.05, 4.69) is 18.6 Å². The molecule has 108 valence electrons. The minimum atomic E-state index is -3.58. The van der Waals surface area contributed by atoms with Gasteiger partial charge in [-0.3, -0.25) is 0 Å². The summed E-state index contributed by atoms with van der Waals surface area (Å²) in [6.45, 7) is 6.11. The number of nitrogen functional groups attached to an aromatic ring is 1. The number of sulfonamides is 1. The molecule has 0 heterocycles. The van der Waals surface area contributed by atoms with Gasteiger partial charge in [-0.15, -0.1) is 0 Å². The summed E-state index contributed by atoms with van der Waals surface area (Å²) in [5, 5.41) is 0. The number of hydrogen-bond acceptors (Lipinski definition) is 4. The minimum absolute atomic E-state index is 0.0607. The maximum Gasteiger partial charge on any atom is 0.244 e. The molecule has 6 heteroatoms. The second-order valence-electron chi connectivity index (χ2n) is 4.97. The Labute approximate surface area is 115 Å². The zero-order chi connectivity index (χ0) is 14.6. The molecule has 0 fully saturated rings. The molecule has 0 amide bonds. The molecular formula is C13H22N2O3S. The summed E-state index contributed by atoms with van der Waals surface area (Å²) in [5.74, 6) is 0.810. The van der Waals surface area contributed by atoms with Gasteiger partial charge in [0, 0.05) is 5.69 Å². The molecule has 1 aromatic rings. The number of benzene rings is 1. The van der Waals surface area contributed by atoms with E-state index in [0.29, 0.717) is 17.4 Å². The SMILES string of the molecule is CNS(=O)(=O)c1cc(N)ccc1OC(C)CC(C)C. The molecular weight excluding hydrogens is 264 g/mol. The van der Waals surface area contributed by atoms with Crippen LogP contribution in [0.25, 0.3) is 0 Å². The van der Waals surface area contributed by atoms with E-state index in [0.717, 1.165) is 6.42 Å². The Kier molecular flexibility index (Phi) is 5.20. The lowest BCUT2D eigenvalue weighted by Gasteiger charge is -2.19. The van der Waals surface area contributed by atoms with Crippen molar-refractivity contribution < 1.29 is 13.2 Å². The van der Waals surface area contributed by atoms with Crippen molar-refractivity contribution >= 4 is 15.7 Å². The summed E-state index contributed by atoms with van der Waals surface area (Å²) in [7, 11) is -2.22. The average molecular weight is 286 g/mol. The van der Waals surface area contributed by atoms with E-state index in [1.807, 2.05) is 6.92 Å². The second-order valence-corrected chi connectivity index (χ2v) is 6.83. The molecule has 1 aromatic carbocycles. The van der Waals surface area contributed by atoms with Gasteiger partial charge in [0.1, 0.15) is 10.6 Å². The first-order valence-electron chi connectivity index (χ1n) is 6.26. The van der Waals surface area contributed by atoms with Gasteiger partial charge in [0.15, 0.2) is 0 Å². The molecule has 0 aromatic heterocycles. The van der Waals surface area contributed by atoms with Gasteiger partial charge in [-0.25, -0.2) is 13.1 Å². The van der Waals surface area contributed by atoms with Gasteiger partial charge >= 0.3 is 0 Å². The Morgan fingerprint density at radius 2 is 1.95 bits per heavy atom. The number of hydrogen-bond donors (Lipinski definition) is 2. The van der Waals surface area contributed by atoms with Crippen molar-refractivity contribution in [2.24, 2.45) is 5.92 Å². The van der Waals surface area contributed by atoms with Crippen molar-refractivity contribution in [3.63, 3.8) is 0 Å². The summed E-state index contributed by atoms with van der Waals surface area (Å²) in [6.07, 6.45) is 0.790. The predicted molar refractivity (Wildman–Crippen MR) is 76.6 cm³/mol. The Balaban J connectivity index is 3.08. The standard InChI is InChI=1S/C13H22N2O3S/c1-9(2)7-10(3)18-12-6-5-11(14)8-13(12)19(16,17)15-4/h5-6,8-10,15H,7,14H2,1-4H3. The monoisotopic (exact) mass is 286 g/mol. The highest BCUT2D eigenvalue weighted by molar-refractivity contribution is 7.89. The summed E-state index contributed by atoms with van der Waals surface area (Å²) >= 11 is 0. The fraction of sp³-hybridized carbons (Fsp3) is 0.538.